The van der Waals surface area contributed by atoms with Gasteiger partial charge in [0.2, 0.25) is 0 Å². The molecule has 1 rings (SSSR count). The lowest BCUT2D eigenvalue weighted by Crippen LogP contribution is -2.20. The summed E-state index contributed by atoms with van der Waals surface area (Å²) >= 11 is 0. The molecule has 0 spiro atoms. The average molecular weight is 325 g/mol. The molecule has 1 aliphatic rings. The van der Waals surface area contributed by atoms with Gasteiger partial charge in [-0.1, -0.05) is 32.1 Å². The Hall–Kier alpha value is 0.250. The molecule has 0 unspecified atom stereocenters. The van der Waals surface area contributed by atoms with Crippen LogP contribution in [0.2, 0.25) is 0 Å². The van der Waals surface area contributed by atoms with E-state index in [0.29, 0.717) is 5.75 Å². The van der Waals surface area contributed by atoms with Crippen LogP contribution in [0, 0.1) is 0 Å². The second-order valence-corrected chi connectivity index (χ2v) is 9.20. The molecule has 0 bridgehead atoms. The van der Waals surface area contributed by atoms with Crippen molar-refractivity contribution in [1.29, 1.82) is 0 Å². The Labute approximate surface area is 127 Å². The van der Waals surface area contributed by atoms with Crippen molar-refractivity contribution >= 4 is 19.4 Å². The minimum Gasteiger partial charge on any atom is -0.303 e. The van der Waals surface area contributed by atoms with Crippen molar-refractivity contribution < 1.29 is 13.3 Å². The largest absolute Gasteiger partial charge is 0.430 e. The van der Waals surface area contributed by atoms with Crippen molar-refractivity contribution in [3.63, 3.8) is 0 Å². The van der Waals surface area contributed by atoms with E-state index in [1.807, 2.05) is 0 Å². The summed E-state index contributed by atoms with van der Waals surface area (Å²) < 4.78 is 27.9. The molecule has 0 radical (unpaired) electrons. The summed E-state index contributed by atoms with van der Waals surface area (Å²) in [4.78, 5) is 2.58. The minimum atomic E-state index is -3.58. The third-order valence-electron chi connectivity index (χ3n) is 3.80. The normalized spacial score (nSPS) is 16.7. The highest BCUT2D eigenvalue weighted by Gasteiger charge is 2.10. The fourth-order valence-electron chi connectivity index (χ4n) is 2.67. The predicted molar refractivity (Wildman–Crippen MR) is 88.2 cm³/mol. The first-order chi connectivity index (χ1) is 9.58. The van der Waals surface area contributed by atoms with Gasteiger partial charge in [0.05, 0.1) is 0 Å². The quantitative estimate of drug-likeness (QED) is 0.451. The van der Waals surface area contributed by atoms with Crippen LogP contribution in [0.25, 0.3) is 0 Å². The van der Waals surface area contributed by atoms with Crippen molar-refractivity contribution in [3.8, 4) is 0 Å². The summed E-state index contributed by atoms with van der Waals surface area (Å²) in [5, 5.41) is 0. The van der Waals surface area contributed by atoms with E-state index in [1.54, 1.807) is 0 Å². The van der Waals surface area contributed by atoms with Gasteiger partial charge in [0.1, 0.15) is 0 Å². The van der Waals surface area contributed by atoms with Crippen molar-refractivity contribution in [1.82, 2.24) is 4.90 Å². The van der Waals surface area contributed by atoms with Gasteiger partial charge >= 0.3 is 9.05 Å². The van der Waals surface area contributed by atoms with Gasteiger partial charge in [0.15, 0.2) is 5.75 Å². The number of likely N-dealkylation sites (tertiary alicyclic amines) is 1. The smallest absolute Gasteiger partial charge is 0.303 e. The van der Waals surface area contributed by atoms with Gasteiger partial charge in [-0.05, 0) is 45.3 Å². The van der Waals surface area contributed by atoms with Gasteiger partial charge in [-0.15, -0.1) is 0 Å². The standard InChI is InChI=1S/C14H29NO3S2/c16-20(17,18)19-14-10-6-4-2-1-3-5-7-11-15-12-8-9-13-15/h1-14H2,(H-,16,17,18)/p+1. The number of nitrogens with zero attached hydrogens (tertiary/aromatic N) is 1. The highest BCUT2D eigenvalue weighted by molar-refractivity contribution is 8.34. The predicted octanol–water partition coefficient (Wildman–Crippen LogP) is 3.43. The molecular formula is C14H30NO3S2+. The summed E-state index contributed by atoms with van der Waals surface area (Å²) in [6, 6.07) is 0. The molecule has 0 saturated carbocycles. The molecule has 2 N–H and O–H groups in total. The van der Waals surface area contributed by atoms with E-state index in [4.69, 9.17) is 9.11 Å². The van der Waals surface area contributed by atoms with Crippen LogP contribution in [-0.2, 0) is 19.4 Å². The molecule has 0 aliphatic carbocycles. The summed E-state index contributed by atoms with van der Waals surface area (Å²) in [6.07, 6.45) is 12.6. The minimum absolute atomic E-state index is 0.571. The Bertz CT molecular complexity index is 340. The SMILES string of the molecule is O=S(O)(O)=[S+]CCCCCCCCCCN1CCCC1. The van der Waals surface area contributed by atoms with Crippen LogP contribution in [0.1, 0.15) is 64.2 Å². The maximum Gasteiger partial charge on any atom is 0.430 e. The average Bonchev–Trinajstić information content (AvgIpc) is 2.87. The fourth-order valence-corrected chi connectivity index (χ4v) is 4.22. The van der Waals surface area contributed by atoms with Crippen LogP contribution >= 0.6 is 0 Å². The van der Waals surface area contributed by atoms with Crippen molar-refractivity contribution in [3.05, 3.63) is 0 Å². The highest BCUT2D eigenvalue weighted by Crippen LogP contribution is 2.11. The molecule has 0 amide bonds. The van der Waals surface area contributed by atoms with E-state index < -0.39 is 9.05 Å². The van der Waals surface area contributed by atoms with Crippen LogP contribution in [0.4, 0.5) is 0 Å². The zero-order valence-electron chi connectivity index (χ0n) is 12.5. The van der Waals surface area contributed by atoms with E-state index >= 15 is 0 Å². The Balaban J connectivity index is 1.77. The zero-order valence-corrected chi connectivity index (χ0v) is 14.1. The molecule has 20 heavy (non-hydrogen) atoms. The zero-order chi connectivity index (χ0) is 14.7. The summed E-state index contributed by atoms with van der Waals surface area (Å²) in [5.41, 5.74) is 0. The first-order valence-electron chi connectivity index (χ1n) is 7.94. The molecule has 1 fully saturated rings. The van der Waals surface area contributed by atoms with Gasteiger partial charge in [0, 0.05) is 6.42 Å². The number of hydrogen-bond acceptors (Lipinski definition) is 2. The van der Waals surface area contributed by atoms with E-state index in [-0.39, 0.29) is 0 Å². The van der Waals surface area contributed by atoms with E-state index in [1.165, 1.54) is 71.0 Å². The van der Waals surface area contributed by atoms with Crippen molar-refractivity contribution in [2.75, 3.05) is 25.4 Å². The molecule has 1 heterocycles. The van der Waals surface area contributed by atoms with Crippen LogP contribution in [0.15, 0.2) is 0 Å². The van der Waals surface area contributed by atoms with Crippen molar-refractivity contribution in [2.45, 2.75) is 64.2 Å². The Morgan fingerprint density at radius 1 is 0.850 bits per heavy atom. The lowest BCUT2D eigenvalue weighted by atomic mass is 10.1. The number of rotatable bonds is 11. The van der Waals surface area contributed by atoms with Gasteiger partial charge in [-0.3, -0.25) is 9.11 Å². The monoisotopic (exact) mass is 324 g/mol. The molecule has 1 saturated heterocycles. The topological polar surface area (TPSA) is 60.8 Å². The highest BCUT2D eigenvalue weighted by atomic mass is 32.9. The second kappa shape index (κ2) is 10.9. The van der Waals surface area contributed by atoms with Crippen LogP contribution in [-0.4, -0.2) is 43.6 Å². The van der Waals surface area contributed by atoms with Gasteiger partial charge in [0.25, 0.3) is 10.3 Å². The third-order valence-corrected chi connectivity index (χ3v) is 5.99. The Kier molecular flexibility index (Phi) is 9.98. The van der Waals surface area contributed by atoms with Gasteiger partial charge in [-0.25, -0.2) is 0 Å². The molecule has 4 nitrogen and oxygen atoms in total. The molecule has 0 atom stereocenters. The first kappa shape index (κ1) is 18.3. The molecule has 1 aliphatic heterocycles. The molecule has 0 aromatic carbocycles. The third kappa shape index (κ3) is 11.0. The van der Waals surface area contributed by atoms with Crippen LogP contribution < -0.4 is 0 Å². The van der Waals surface area contributed by atoms with E-state index in [0.717, 1.165) is 23.2 Å². The van der Waals surface area contributed by atoms with Crippen LogP contribution in [0.5, 0.6) is 0 Å². The molecule has 120 valence electrons. The maximum atomic E-state index is 10.6. The summed E-state index contributed by atoms with van der Waals surface area (Å²) in [7, 11) is -2.82. The van der Waals surface area contributed by atoms with Gasteiger partial charge < -0.3 is 4.90 Å². The molecule has 0 aromatic heterocycles. The number of hydrogen-bond donors (Lipinski definition) is 2. The number of unbranched alkanes of at least 4 members (excludes halogenated alkanes) is 7. The fraction of sp³-hybridized carbons (Fsp3) is 1.00. The second-order valence-electron chi connectivity index (χ2n) is 5.65. The Morgan fingerprint density at radius 3 is 1.90 bits per heavy atom. The Morgan fingerprint density at radius 2 is 1.35 bits per heavy atom. The lowest BCUT2D eigenvalue weighted by Gasteiger charge is -2.13. The maximum absolute atomic E-state index is 10.6. The lowest BCUT2D eigenvalue weighted by molar-refractivity contribution is 0.327. The molecule has 6 heteroatoms. The van der Waals surface area contributed by atoms with Crippen LogP contribution in [0.3, 0.4) is 0 Å². The van der Waals surface area contributed by atoms with E-state index in [2.05, 4.69) is 4.90 Å². The molecular weight excluding hydrogens is 294 g/mol. The summed E-state index contributed by atoms with van der Waals surface area (Å²) in [6.45, 7) is 3.91. The summed E-state index contributed by atoms with van der Waals surface area (Å²) in [5.74, 6) is 0.571. The molecule has 0 aromatic rings. The van der Waals surface area contributed by atoms with Gasteiger partial charge in [-0.2, -0.15) is 4.21 Å². The van der Waals surface area contributed by atoms with Crippen molar-refractivity contribution in [2.24, 2.45) is 0 Å². The first-order valence-corrected chi connectivity index (χ1v) is 10.9. The van der Waals surface area contributed by atoms with E-state index in [9.17, 15) is 4.21 Å².